The number of nitrogens with two attached hydrogens (primary N) is 1. The summed E-state index contributed by atoms with van der Waals surface area (Å²) in [6.07, 6.45) is 2.20. The van der Waals surface area contributed by atoms with Crippen molar-refractivity contribution in [2.24, 2.45) is 5.41 Å². The van der Waals surface area contributed by atoms with Gasteiger partial charge in [-0.3, -0.25) is 0 Å². The zero-order chi connectivity index (χ0) is 17.3. The SMILES string of the molecule is CC1(C)CCN(c2nnc(Sc3cccc(Cl)c3Cl)c(N)n2)CC1. The van der Waals surface area contributed by atoms with Crippen LogP contribution >= 0.6 is 35.0 Å². The van der Waals surface area contributed by atoms with Gasteiger partial charge in [0.15, 0.2) is 10.8 Å². The highest BCUT2D eigenvalue weighted by molar-refractivity contribution is 7.99. The highest BCUT2D eigenvalue weighted by atomic mass is 35.5. The number of hydrogen-bond donors (Lipinski definition) is 1. The monoisotopic (exact) mass is 383 g/mol. The van der Waals surface area contributed by atoms with Crippen molar-refractivity contribution in [3.8, 4) is 0 Å². The lowest BCUT2D eigenvalue weighted by Gasteiger charge is -2.36. The molecule has 0 amide bonds. The summed E-state index contributed by atoms with van der Waals surface area (Å²) in [6, 6.07) is 5.43. The van der Waals surface area contributed by atoms with Crippen LogP contribution in [-0.2, 0) is 0 Å². The molecule has 1 saturated heterocycles. The molecule has 0 aliphatic carbocycles. The first-order valence-electron chi connectivity index (χ1n) is 7.73. The van der Waals surface area contributed by atoms with E-state index < -0.39 is 0 Å². The molecule has 1 aromatic carbocycles. The minimum atomic E-state index is 0.353. The molecule has 2 heterocycles. The smallest absolute Gasteiger partial charge is 0.247 e. The summed E-state index contributed by atoms with van der Waals surface area (Å²) in [4.78, 5) is 7.34. The van der Waals surface area contributed by atoms with Crippen molar-refractivity contribution in [3.63, 3.8) is 0 Å². The number of piperidine rings is 1. The molecule has 0 saturated carbocycles. The molecule has 1 fully saturated rings. The molecule has 0 bridgehead atoms. The first kappa shape index (κ1) is 17.6. The number of nitrogen functional groups attached to an aromatic ring is 1. The van der Waals surface area contributed by atoms with Crippen LogP contribution in [0.25, 0.3) is 0 Å². The first-order valence-corrected chi connectivity index (χ1v) is 9.30. The van der Waals surface area contributed by atoms with E-state index in [9.17, 15) is 0 Å². The molecule has 8 heteroatoms. The Morgan fingerprint density at radius 2 is 1.88 bits per heavy atom. The van der Waals surface area contributed by atoms with Gasteiger partial charge in [0.1, 0.15) is 0 Å². The molecule has 1 aliphatic heterocycles. The van der Waals surface area contributed by atoms with Crippen molar-refractivity contribution < 1.29 is 0 Å². The van der Waals surface area contributed by atoms with Crippen LogP contribution in [0.4, 0.5) is 11.8 Å². The van der Waals surface area contributed by atoms with Gasteiger partial charge >= 0.3 is 0 Å². The van der Waals surface area contributed by atoms with Crippen LogP contribution in [-0.4, -0.2) is 28.3 Å². The van der Waals surface area contributed by atoms with Crippen molar-refractivity contribution >= 4 is 46.7 Å². The topological polar surface area (TPSA) is 67.9 Å². The number of aromatic nitrogens is 3. The van der Waals surface area contributed by atoms with Gasteiger partial charge < -0.3 is 10.6 Å². The van der Waals surface area contributed by atoms with Crippen molar-refractivity contribution in [2.45, 2.75) is 36.6 Å². The lowest BCUT2D eigenvalue weighted by Crippen LogP contribution is -2.38. The fourth-order valence-corrected chi connectivity index (χ4v) is 3.76. The Kier molecular flexibility index (Phi) is 5.08. The number of benzene rings is 1. The van der Waals surface area contributed by atoms with E-state index in [1.165, 1.54) is 11.8 Å². The maximum absolute atomic E-state index is 6.20. The third-order valence-electron chi connectivity index (χ3n) is 4.19. The molecule has 0 spiro atoms. The molecule has 1 aliphatic rings. The average Bonchev–Trinajstić information content (AvgIpc) is 2.53. The lowest BCUT2D eigenvalue weighted by molar-refractivity contribution is 0.278. The third kappa shape index (κ3) is 3.87. The van der Waals surface area contributed by atoms with Gasteiger partial charge in [0.05, 0.1) is 10.0 Å². The Hall–Kier alpha value is -1.24. The quantitative estimate of drug-likeness (QED) is 0.838. The van der Waals surface area contributed by atoms with E-state index in [1.54, 1.807) is 6.07 Å². The highest BCUT2D eigenvalue weighted by Gasteiger charge is 2.27. The second-order valence-corrected chi connectivity index (χ2v) is 8.42. The Labute approximate surface area is 155 Å². The average molecular weight is 384 g/mol. The number of nitrogens with zero attached hydrogens (tertiary/aromatic N) is 4. The molecule has 0 radical (unpaired) electrons. The minimum Gasteiger partial charge on any atom is -0.381 e. The van der Waals surface area contributed by atoms with E-state index in [1.807, 2.05) is 12.1 Å². The summed E-state index contributed by atoms with van der Waals surface area (Å²) in [7, 11) is 0. The minimum absolute atomic E-state index is 0.353. The zero-order valence-corrected chi connectivity index (χ0v) is 15.9. The molecule has 2 N–H and O–H groups in total. The van der Waals surface area contributed by atoms with Gasteiger partial charge in [0.2, 0.25) is 5.95 Å². The van der Waals surface area contributed by atoms with E-state index >= 15 is 0 Å². The number of halogens is 2. The van der Waals surface area contributed by atoms with Crippen LogP contribution in [0, 0.1) is 5.41 Å². The van der Waals surface area contributed by atoms with Gasteiger partial charge in [-0.05, 0) is 30.4 Å². The van der Waals surface area contributed by atoms with Crippen LogP contribution < -0.4 is 10.6 Å². The predicted molar refractivity (Wildman–Crippen MR) is 100 cm³/mol. The number of rotatable bonds is 3. The van der Waals surface area contributed by atoms with E-state index in [0.29, 0.717) is 32.3 Å². The molecule has 0 unspecified atom stereocenters. The van der Waals surface area contributed by atoms with Crippen LogP contribution in [0.15, 0.2) is 28.1 Å². The Bertz CT molecular complexity index is 743. The normalized spacial score (nSPS) is 17.1. The third-order valence-corrected chi connectivity index (χ3v) is 6.17. The number of hydrogen-bond acceptors (Lipinski definition) is 6. The van der Waals surface area contributed by atoms with Gasteiger partial charge in [-0.25, -0.2) is 0 Å². The highest BCUT2D eigenvalue weighted by Crippen LogP contribution is 2.38. The second-order valence-electron chi connectivity index (χ2n) is 6.61. The lowest BCUT2D eigenvalue weighted by atomic mass is 9.83. The molecule has 0 atom stereocenters. The standard InChI is InChI=1S/C16H19Cl2N5S/c1-16(2)6-8-23(9-7-16)15-20-13(19)14(21-22-15)24-11-5-3-4-10(17)12(11)18/h3-5H,6-9H2,1-2H3,(H2,19,20,22). The van der Waals surface area contributed by atoms with Crippen molar-refractivity contribution in [1.82, 2.24) is 15.2 Å². The molecular weight excluding hydrogens is 365 g/mol. The van der Waals surface area contributed by atoms with Crippen LogP contribution in [0.2, 0.25) is 10.0 Å². The van der Waals surface area contributed by atoms with Gasteiger partial charge in [0.25, 0.3) is 0 Å². The molecule has 2 aromatic rings. The molecule has 3 rings (SSSR count). The van der Waals surface area contributed by atoms with Crippen molar-refractivity contribution in [1.29, 1.82) is 0 Å². The van der Waals surface area contributed by atoms with E-state index in [4.69, 9.17) is 28.9 Å². The molecule has 24 heavy (non-hydrogen) atoms. The van der Waals surface area contributed by atoms with Gasteiger partial charge in [-0.1, -0.05) is 54.9 Å². The Balaban J connectivity index is 1.77. The van der Waals surface area contributed by atoms with Crippen molar-refractivity contribution in [2.75, 3.05) is 23.7 Å². The summed E-state index contributed by atoms with van der Waals surface area (Å²) >= 11 is 13.6. The summed E-state index contributed by atoms with van der Waals surface area (Å²) < 4.78 is 0. The van der Waals surface area contributed by atoms with Gasteiger partial charge in [0, 0.05) is 18.0 Å². The maximum atomic E-state index is 6.20. The molecule has 1 aromatic heterocycles. The van der Waals surface area contributed by atoms with E-state index in [0.717, 1.165) is 30.8 Å². The van der Waals surface area contributed by atoms with Crippen LogP contribution in [0.1, 0.15) is 26.7 Å². The fraction of sp³-hybridized carbons (Fsp3) is 0.438. The Morgan fingerprint density at radius 3 is 2.54 bits per heavy atom. The van der Waals surface area contributed by atoms with Crippen LogP contribution in [0.3, 0.4) is 0 Å². The van der Waals surface area contributed by atoms with Crippen molar-refractivity contribution in [3.05, 3.63) is 28.2 Å². The van der Waals surface area contributed by atoms with E-state index in [-0.39, 0.29) is 0 Å². The van der Waals surface area contributed by atoms with Crippen LogP contribution in [0.5, 0.6) is 0 Å². The number of anilines is 2. The van der Waals surface area contributed by atoms with E-state index in [2.05, 4.69) is 33.9 Å². The predicted octanol–water partition coefficient (Wildman–Crippen LogP) is 4.54. The summed E-state index contributed by atoms with van der Waals surface area (Å²) in [5.74, 6) is 0.940. The molecule has 5 nitrogen and oxygen atoms in total. The first-order chi connectivity index (χ1) is 11.4. The molecular formula is C16H19Cl2N5S. The maximum Gasteiger partial charge on any atom is 0.247 e. The summed E-state index contributed by atoms with van der Waals surface area (Å²) in [5.41, 5.74) is 6.45. The summed E-state index contributed by atoms with van der Waals surface area (Å²) in [5, 5.41) is 9.99. The fourth-order valence-electron chi connectivity index (χ4n) is 2.50. The second kappa shape index (κ2) is 6.94. The Morgan fingerprint density at radius 1 is 1.17 bits per heavy atom. The zero-order valence-electron chi connectivity index (χ0n) is 13.6. The van der Waals surface area contributed by atoms with Gasteiger partial charge in [-0.15, -0.1) is 10.2 Å². The summed E-state index contributed by atoms with van der Waals surface area (Å²) in [6.45, 7) is 6.40. The molecule has 128 valence electrons. The van der Waals surface area contributed by atoms with Gasteiger partial charge in [-0.2, -0.15) is 4.98 Å². The largest absolute Gasteiger partial charge is 0.381 e.